The highest BCUT2D eigenvalue weighted by atomic mass is 32.2. The summed E-state index contributed by atoms with van der Waals surface area (Å²) in [6.45, 7) is 2.69. The molecule has 5 heteroatoms. The molecule has 1 saturated heterocycles. The first-order valence-electron chi connectivity index (χ1n) is 4.42. The number of hydrogen-bond donors (Lipinski definition) is 2. The van der Waals surface area contributed by atoms with Gasteiger partial charge in [0.2, 0.25) is 5.91 Å². The minimum Gasteiger partial charge on any atom is -0.378 e. The highest BCUT2D eigenvalue weighted by Gasteiger charge is 2.20. The molecular weight excluding hydrogens is 188 g/mol. The van der Waals surface area contributed by atoms with E-state index in [1.807, 2.05) is 6.26 Å². The summed E-state index contributed by atoms with van der Waals surface area (Å²) in [4.78, 5) is 11.4. The van der Waals surface area contributed by atoms with Gasteiger partial charge in [-0.2, -0.15) is 11.8 Å². The Labute approximate surface area is 82.8 Å². The largest absolute Gasteiger partial charge is 0.378 e. The van der Waals surface area contributed by atoms with E-state index in [1.165, 1.54) is 0 Å². The van der Waals surface area contributed by atoms with Crippen molar-refractivity contribution < 1.29 is 9.53 Å². The number of carbonyl (C=O) groups excluding carboxylic acids is 1. The van der Waals surface area contributed by atoms with Crippen molar-refractivity contribution in [2.24, 2.45) is 0 Å². The van der Waals surface area contributed by atoms with Gasteiger partial charge in [-0.15, -0.1) is 0 Å². The first-order valence-corrected chi connectivity index (χ1v) is 5.81. The van der Waals surface area contributed by atoms with Gasteiger partial charge in [0.15, 0.2) is 0 Å². The van der Waals surface area contributed by atoms with Crippen molar-refractivity contribution in [2.75, 3.05) is 38.3 Å². The summed E-state index contributed by atoms with van der Waals surface area (Å²) in [5.74, 6) is 1.01. The lowest BCUT2D eigenvalue weighted by atomic mass is 10.2. The Morgan fingerprint density at radius 3 is 3.23 bits per heavy atom. The number of morpholine rings is 1. The third-order valence-electron chi connectivity index (χ3n) is 1.84. The summed E-state index contributed by atoms with van der Waals surface area (Å²) in [5.41, 5.74) is 0. The molecule has 13 heavy (non-hydrogen) atoms. The van der Waals surface area contributed by atoms with Crippen LogP contribution in [0.2, 0.25) is 0 Å². The van der Waals surface area contributed by atoms with Gasteiger partial charge in [-0.1, -0.05) is 0 Å². The van der Waals surface area contributed by atoms with Crippen LogP contribution in [-0.4, -0.2) is 50.3 Å². The van der Waals surface area contributed by atoms with Crippen LogP contribution in [-0.2, 0) is 9.53 Å². The zero-order valence-corrected chi connectivity index (χ0v) is 8.65. The monoisotopic (exact) mass is 204 g/mol. The second-order valence-electron chi connectivity index (χ2n) is 2.87. The maximum absolute atomic E-state index is 11.4. The standard InChI is InChI=1S/C8H16N2O2S/c1-13-5-3-10-8(11)7-6-12-4-2-9-7/h7,9H,2-6H2,1H3,(H,10,11). The molecule has 1 heterocycles. The molecule has 0 aromatic heterocycles. The molecule has 1 aliphatic heterocycles. The number of rotatable bonds is 4. The number of thioether (sulfide) groups is 1. The molecule has 0 radical (unpaired) electrons. The van der Waals surface area contributed by atoms with Crippen molar-refractivity contribution in [2.45, 2.75) is 6.04 Å². The highest BCUT2D eigenvalue weighted by Crippen LogP contribution is 1.93. The number of hydrogen-bond acceptors (Lipinski definition) is 4. The van der Waals surface area contributed by atoms with E-state index < -0.39 is 0 Å². The number of nitrogens with one attached hydrogen (secondary N) is 2. The van der Waals surface area contributed by atoms with Crippen LogP contribution in [0.15, 0.2) is 0 Å². The van der Waals surface area contributed by atoms with Gasteiger partial charge in [0.1, 0.15) is 6.04 Å². The molecule has 0 spiro atoms. The zero-order valence-electron chi connectivity index (χ0n) is 7.84. The minimum absolute atomic E-state index is 0.0498. The van der Waals surface area contributed by atoms with Crippen LogP contribution in [0.25, 0.3) is 0 Å². The topological polar surface area (TPSA) is 50.4 Å². The molecule has 0 bridgehead atoms. The Hall–Kier alpha value is -0.260. The second-order valence-corrected chi connectivity index (χ2v) is 3.85. The Balaban J connectivity index is 2.13. The van der Waals surface area contributed by atoms with Crippen LogP contribution in [0.3, 0.4) is 0 Å². The first kappa shape index (κ1) is 10.8. The molecule has 0 saturated carbocycles. The quantitative estimate of drug-likeness (QED) is 0.604. The normalized spacial score (nSPS) is 22.7. The third-order valence-corrected chi connectivity index (χ3v) is 2.46. The molecule has 0 aromatic carbocycles. The predicted molar refractivity (Wildman–Crippen MR) is 54.0 cm³/mol. The third kappa shape index (κ3) is 3.97. The molecule has 1 aliphatic rings. The summed E-state index contributed by atoms with van der Waals surface area (Å²) in [6, 6.07) is -0.157. The van der Waals surface area contributed by atoms with E-state index in [-0.39, 0.29) is 11.9 Å². The molecular formula is C8H16N2O2S. The number of amides is 1. The van der Waals surface area contributed by atoms with Crippen molar-refractivity contribution in [3.05, 3.63) is 0 Å². The first-order chi connectivity index (χ1) is 6.34. The van der Waals surface area contributed by atoms with E-state index >= 15 is 0 Å². The van der Waals surface area contributed by atoms with Crippen molar-refractivity contribution in [3.8, 4) is 0 Å². The molecule has 1 amide bonds. The van der Waals surface area contributed by atoms with E-state index in [0.29, 0.717) is 13.2 Å². The van der Waals surface area contributed by atoms with Gasteiger partial charge >= 0.3 is 0 Å². The van der Waals surface area contributed by atoms with Crippen LogP contribution in [0.4, 0.5) is 0 Å². The molecule has 2 N–H and O–H groups in total. The molecule has 4 nitrogen and oxygen atoms in total. The number of ether oxygens (including phenoxy) is 1. The van der Waals surface area contributed by atoms with Gasteiger partial charge < -0.3 is 15.4 Å². The maximum Gasteiger partial charge on any atom is 0.239 e. The van der Waals surface area contributed by atoms with Crippen molar-refractivity contribution in [1.29, 1.82) is 0 Å². The Morgan fingerprint density at radius 2 is 2.62 bits per heavy atom. The van der Waals surface area contributed by atoms with Gasteiger partial charge in [-0.3, -0.25) is 4.79 Å². The number of carbonyl (C=O) groups is 1. The Kier molecular flexibility index (Phi) is 5.19. The maximum atomic E-state index is 11.4. The summed E-state index contributed by atoms with van der Waals surface area (Å²) >= 11 is 1.72. The predicted octanol–water partition coefficient (Wildman–Crippen LogP) is -0.546. The van der Waals surface area contributed by atoms with E-state index in [2.05, 4.69) is 10.6 Å². The zero-order chi connectivity index (χ0) is 9.52. The van der Waals surface area contributed by atoms with Crippen LogP contribution in [0.1, 0.15) is 0 Å². The van der Waals surface area contributed by atoms with E-state index in [9.17, 15) is 4.79 Å². The minimum atomic E-state index is -0.157. The average Bonchev–Trinajstić information content (AvgIpc) is 2.19. The summed E-state index contributed by atoms with van der Waals surface area (Å²) < 4.78 is 5.18. The van der Waals surface area contributed by atoms with Crippen molar-refractivity contribution in [3.63, 3.8) is 0 Å². The average molecular weight is 204 g/mol. The molecule has 1 atom stereocenters. The smallest absolute Gasteiger partial charge is 0.239 e. The molecule has 0 aliphatic carbocycles. The molecule has 76 valence electrons. The fourth-order valence-corrected chi connectivity index (χ4v) is 1.44. The lowest BCUT2D eigenvalue weighted by molar-refractivity contribution is -0.125. The second kappa shape index (κ2) is 6.23. The van der Waals surface area contributed by atoms with Crippen LogP contribution < -0.4 is 10.6 Å². The van der Waals surface area contributed by atoms with Gasteiger partial charge in [-0.05, 0) is 6.26 Å². The summed E-state index contributed by atoms with van der Waals surface area (Å²) in [7, 11) is 0. The van der Waals surface area contributed by atoms with Gasteiger partial charge in [0, 0.05) is 18.8 Å². The lowest BCUT2D eigenvalue weighted by Crippen LogP contribution is -2.51. The Morgan fingerprint density at radius 1 is 1.77 bits per heavy atom. The van der Waals surface area contributed by atoms with Crippen LogP contribution in [0.5, 0.6) is 0 Å². The summed E-state index contributed by atoms with van der Waals surface area (Å²) in [5, 5.41) is 5.95. The van der Waals surface area contributed by atoms with Crippen LogP contribution >= 0.6 is 11.8 Å². The van der Waals surface area contributed by atoms with Gasteiger partial charge in [0.05, 0.1) is 13.2 Å². The lowest BCUT2D eigenvalue weighted by Gasteiger charge is -2.22. The van der Waals surface area contributed by atoms with E-state index in [4.69, 9.17) is 4.74 Å². The Bertz CT molecular complexity index is 160. The molecule has 1 rings (SSSR count). The fourth-order valence-electron chi connectivity index (χ4n) is 1.13. The van der Waals surface area contributed by atoms with Gasteiger partial charge in [-0.25, -0.2) is 0 Å². The molecule has 0 aromatic rings. The van der Waals surface area contributed by atoms with Crippen molar-refractivity contribution in [1.82, 2.24) is 10.6 Å². The SMILES string of the molecule is CSCCNC(=O)C1COCCN1. The van der Waals surface area contributed by atoms with Crippen molar-refractivity contribution >= 4 is 17.7 Å². The van der Waals surface area contributed by atoms with E-state index in [0.717, 1.165) is 18.8 Å². The fraction of sp³-hybridized carbons (Fsp3) is 0.875. The van der Waals surface area contributed by atoms with Gasteiger partial charge in [0.25, 0.3) is 0 Å². The molecule has 1 unspecified atom stereocenters. The molecule has 1 fully saturated rings. The summed E-state index contributed by atoms with van der Waals surface area (Å²) in [6.07, 6.45) is 2.02. The van der Waals surface area contributed by atoms with Crippen LogP contribution in [0, 0.1) is 0 Å². The highest BCUT2D eigenvalue weighted by molar-refractivity contribution is 7.98. The van der Waals surface area contributed by atoms with E-state index in [1.54, 1.807) is 11.8 Å².